The van der Waals surface area contributed by atoms with E-state index in [2.05, 4.69) is 5.32 Å². The third-order valence-corrected chi connectivity index (χ3v) is 4.88. The second-order valence-corrected chi connectivity index (χ2v) is 6.43. The number of nitrogens with zero attached hydrogens (tertiary/aromatic N) is 1. The van der Waals surface area contributed by atoms with Gasteiger partial charge in [0.15, 0.2) is 5.11 Å². The first kappa shape index (κ1) is 14.6. The average Bonchev–Trinajstić information content (AvgIpc) is 2.77. The molecule has 0 radical (unpaired) electrons. The van der Waals surface area contributed by atoms with Crippen LogP contribution in [-0.4, -0.2) is 38.5 Å². The predicted molar refractivity (Wildman–Crippen MR) is 86.1 cm³/mol. The summed E-state index contributed by atoms with van der Waals surface area (Å²) in [5.74, 6) is 0.262. The van der Waals surface area contributed by atoms with Gasteiger partial charge in [0.2, 0.25) is 0 Å². The fourth-order valence-corrected chi connectivity index (χ4v) is 3.81. The van der Waals surface area contributed by atoms with E-state index in [1.807, 2.05) is 17.0 Å². The van der Waals surface area contributed by atoms with Gasteiger partial charge in [-0.3, -0.25) is 0 Å². The molecule has 4 nitrogen and oxygen atoms in total. The van der Waals surface area contributed by atoms with Crippen molar-refractivity contribution in [2.75, 3.05) is 0 Å². The van der Waals surface area contributed by atoms with E-state index in [1.165, 1.54) is 19.3 Å². The summed E-state index contributed by atoms with van der Waals surface area (Å²) in [5, 5.41) is 23.9. The minimum absolute atomic E-state index is 0.0797. The summed E-state index contributed by atoms with van der Waals surface area (Å²) in [4.78, 5) is 2.00. The number of aliphatic hydroxyl groups is 1. The molecular formula is C16H22N2O2S. The Labute approximate surface area is 130 Å². The lowest BCUT2D eigenvalue weighted by atomic mass is 9.94. The zero-order valence-electron chi connectivity index (χ0n) is 12.0. The summed E-state index contributed by atoms with van der Waals surface area (Å²) in [6, 6.07) is 7.41. The number of aromatic hydroxyl groups is 1. The van der Waals surface area contributed by atoms with Crippen LogP contribution in [0, 0.1) is 0 Å². The molecule has 1 aliphatic heterocycles. The van der Waals surface area contributed by atoms with Crippen molar-refractivity contribution in [1.82, 2.24) is 10.2 Å². The van der Waals surface area contributed by atoms with Gasteiger partial charge < -0.3 is 20.4 Å². The van der Waals surface area contributed by atoms with Crippen LogP contribution in [-0.2, 0) is 6.42 Å². The van der Waals surface area contributed by atoms with Crippen molar-refractivity contribution in [1.29, 1.82) is 0 Å². The van der Waals surface area contributed by atoms with Crippen LogP contribution >= 0.6 is 12.2 Å². The van der Waals surface area contributed by atoms with Crippen molar-refractivity contribution >= 4 is 17.3 Å². The summed E-state index contributed by atoms with van der Waals surface area (Å²) in [6.07, 6.45) is 6.10. The lowest BCUT2D eigenvalue weighted by Crippen LogP contribution is -2.45. The Morgan fingerprint density at radius 2 is 1.81 bits per heavy atom. The maximum absolute atomic E-state index is 10.6. The van der Waals surface area contributed by atoms with Crippen molar-refractivity contribution in [2.45, 2.75) is 56.8 Å². The molecule has 0 bridgehead atoms. The summed E-state index contributed by atoms with van der Waals surface area (Å²) < 4.78 is 0. The summed E-state index contributed by atoms with van der Waals surface area (Å²) >= 11 is 5.43. The van der Waals surface area contributed by atoms with Gasteiger partial charge in [0.05, 0.1) is 6.04 Å². The number of rotatable bonds is 3. The fourth-order valence-electron chi connectivity index (χ4n) is 3.41. The van der Waals surface area contributed by atoms with E-state index in [9.17, 15) is 10.2 Å². The molecule has 2 atom stereocenters. The number of benzene rings is 1. The second kappa shape index (κ2) is 6.20. The van der Waals surface area contributed by atoms with Crippen LogP contribution in [0.25, 0.3) is 0 Å². The van der Waals surface area contributed by atoms with Crippen molar-refractivity contribution in [3.05, 3.63) is 29.8 Å². The zero-order chi connectivity index (χ0) is 14.8. The molecule has 1 saturated carbocycles. The van der Waals surface area contributed by atoms with E-state index < -0.39 is 6.23 Å². The minimum Gasteiger partial charge on any atom is -0.508 e. The van der Waals surface area contributed by atoms with Gasteiger partial charge in [0, 0.05) is 6.04 Å². The summed E-state index contributed by atoms with van der Waals surface area (Å²) in [5.41, 5.74) is 1.08. The number of hydrogen-bond acceptors (Lipinski definition) is 3. The first-order chi connectivity index (χ1) is 10.1. The molecule has 2 fully saturated rings. The molecule has 3 N–H and O–H groups in total. The molecule has 0 spiro atoms. The molecule has 5 heteroatoms. The molecule has 21 heavy (non-hydrogen) atoms. The second-order valence-electron chi connectivity index (χ2n) is 6.04. The van der Waals surface area contributed by atoms with Gasteiger partial charge in [-0.25, -0.2) is 0 Å². The molecule has 0 amide bonds. The molecule has 1 aliphatic carbocycles. The van der Waals surface area contributed by atoms with Crippen molar-refractivity contribution in [3.8, 4) is 5.75 Å². The van der Waals surface area contributed by atoms with Crippen LogP contribution < -0.4 is 5.32 Å². The van der Waals surface area contributed by atoms with Crippen molar-refractivity contribution in [2.24, 2.45) is 0 Å². The van der Waals surface area contributed by atoms with Gasteiger partial charge in [-0.05, 0) is 49.2 Å². The Morgan fingerprint density at radius 3 is 2.48 bits per heavy atom. The predicted octanol–water partition coefficient (Wildman–Crippen LogP) is 2.14. The molecular weight excluding hydrogens is 284 g/mol. The van der Waals surface area contributed by atoms with E-state index in [4.69, 9.17) is 12.2 Å². The smallest absolute Gasteiger partial charge is 0.171 e. The molecule has 1 aromatic rings. The highest BCUT2D eigenvalue weighted by molar-refractivity contribution is 7.80. The van der Waals surface area contributed by atoms with E-state index >= 15 is 0 Å². The van der Waals surface area contributed by atoms with Crippen molar-refractivity contribution < 1.29 is 10.2 Å². The Balaban J connectivity index is 1.67. The van der Waals surface area contributed by atoms with Gasteiger partial charge in [0.25, 0.3) is 0 Å². The monoisotopic (exact) mass is 306 g/mol. The minimum atomic E-state index is -0.561. The summed E-state index contributed by atoms with van der Waals surface area (Å²) in [7, 11) is 0. The lowest BCUT2D eigenvalue weighted by Gasteiger charge is -2.34. The Morgan fingerprint density at radius 1 is 1.14 bits per heavy atom. The van der Waals surface area contributed by atoms with Crippen LogP contribution in [0.5, 0.6) is 5.75 Å². The van der Waals surface area contributed by atoms with E-state index in [0.717, 1.165) is 18.4 Å². The van der Waals surface area contributed by atoms with Gasteiger partial charge in [0.1, 0.15) is 12.0 Å². The fraction of sp³-hybridized carbons (Fsp3) is 0.562. The summed E-state index contributed by atoms with van der Waals surface area (Å²) in [6.45, 7) is 0. The van der Waals surface area contributed by atoms with Crippen LogP contribution in [0.4, 0.5) is 0 Å². The largest absolute Gasteiger partial charge is 0.508 e. The van der Waals surface area contributed by atoms with Crippen LogP contribution in [0.1, 0.15) is 37.7 Å². The molecule has 1 aromatic carbocycles. The molecule has 1 heterocycles. The Bertz CT molecular complexity index is 500. The number of aliphatic hydroxyl groups excluding tert-OH is 1. The molecule has 2 unspecified atom stereocenters. The normalized spacial score (nSPS) is 26.9. The Hall–Kier alpha value is -1.33. The molecule has 1 saturated heterocycles. The number of thiocarbonyl (C=S) groups is 1. The standard InChI is InChI=1S/C16H22N2O2S/c19-13-8-6-11(7-9-13)10-14-15(20)18(16(21)17-14)12-4-2-1-3-5-12/h6-9,12,14-15,19-20H,1-5,10H2,(H,17,21). The Kier molecular flexibility index (Phi) is 4.31. The molecule has 114 valence electrons. The highest BCUT2D eigenvalue weighted by atomic mass is 32.1. The van der Waals surface area contributed by atoms with Gasteiger partial charge in [-0.15, -0.1) is 0 Å². The highest BCUT2D eigenvalue weighted by Gasteiger charge is 2.39. The maximum atomic E-state index is 10.6. The molecule has 3 rings (SSSR count). The third kappa shape index (κ3) is 3.14. The highest BCUT2D eigenvalue weighted by Crippen LogP contribution is 2.28. The van der Waals surface area contributed by atoms with Gasteiger partial charge >= 0.3 is 0 Å². The van der Waals surface area contributed by atoms with E-state index in [0.29, 0.717) is 17.6 Å². The zero-order valence-corrected chi connectivity index (χ0v) is 12.9. The van der Waals surface area contributed by atoms with Crippen LogP contribution in [0.3, 0.4) is 0 Å². The quantitative estimate of drug-likeness (QED) is 0.747. The number of phenolic OH excluding ortho intramolecular Hbond substituents is 1. The van der Waals surface area contributed by atoms with Gasteiger partial charge in [-0.2, -0.15) is 0 Å². The SMILES string of the molecule is Oc1ccc(CC2NC(=S)N(C3CCCCC3)C2O)cc1. The number of nitrogens with one attached hydrogen (secondary N) is 1. The first-order valence-electron chi connectivity index (χ1n) is 7.70. The molecule has 2 aliphatic rings. The van der Waals surface area contributed by atoms with E-state index in [-0.39, 0.29) is 11.8 Å². The maximum Gasteiger partial charge on any atom is 0.171 e. The topological polar surface area (TPSA) is 55.7 Å². The number of hydrogen-bond donors (Lipinski definition) is 3. The van der Waals surface area contributed by atoms with Crippen molar-refractivity contribution in [3.63, 3.8) is 0 Å². The van der Waals surface area contributed by atoms with Crippen LogP contribution in [0.15, 0.2) is 24.3 Å². The van der Waals surface area contributed by atoms with Crippen LogP contribution in [0.2, 0.25) is 0 Å². The average molecular weight is 306 g/mol. The number of phenols is 1. The third-order valence-electron chi connectivity index (χ3n) is 4.55. The van der Waals surface area contributed by atoms with E-state index in [1.54, 1.807) is 12.1 Å². The lowest BCUT2D eigenvalue weighted by molar-refractivity contribution is 0.0190. The first-order valence-corrected chi connectivity index (χ1v) is 8.11. The molecule has 0 aromatic heterocycles. The van der Waals surface area contributed by atoms with Gasteiger partial charge in [-0.1, -0.05) is 31.4 Å².